The number of nitrogens with zero attached hydrogens (tertiary/aromatic N) is 2. The van der Waals surface area contributed by atoms with Gasteiger partial charge < -0.3 is 4.90 Å². The van der Waals surface area contributed by atoms with Crippen molar-refractivity contribution >= 4 is 5.78 Å². The van der Waals surface area contributed by atoms with Crippen LogP contribution in [-0.2, 0) is 6.18 Å². The molecular formula is C11H11F3N2O. The van der Waals surface area contributed by atoms with Crippen molar-refractivity contribution in [3.8, 4) is 0 Å². The van der Waals surface area contributed by atoms with Crippen LogP contribution in [0.25, 0.3) is 0 Å². The predicted molar refractivity (Wildman–Crippen MR) is 56.4 cm³/mol. The van der Waals surface area contributed by atoms with E-state index in [-0.39, 0.29) is 5.69 Å². The number of alkyl halides is 3. The average Bonchev–Trinajstić information content (AvgIpc) is 2.25. The van der Waals surface area contributed by atoms with Crippen LogP contribution < -0.4 is 0 Å². The summed E-state index contributed by atoms with van der Waals surface area (Å²) >= 11 is 0. The molecule has 1 rings (SSSR count). The fourth-order valence-corrected chi connectivity index (χ4v) is 1.01. The minimum atomic E-state index is -4.44. The third-order valence-corrected chi connectivity index (χ3v) is 1.87. The van der Waals surface area contributed by atoms with Crippen molar-refractivity contribution in [3.63, 3.8) is 0 Å². The van der Waals surface area contributed by atoms with Crippen LogP contribution in [0.15, 0.2) is 30.6 Å². The number of rotatable bonds is 3. The first-order valence-corrected chi connectivity index (χ1v) is 4.73. The van der Waals surface area contributed by atoms with Crippen LogP contribution in [0.2, 0.25) is 0 Å². The van der Waals surface area contributed by atoms with Gasteiger partial charge in [0.2, 0.25) is 5.78 Å². The number of carbonyl (C=O) groups excluding carboxylic acids is 1. The quantitative estimate of drug-likeness (QED) is 0.604. The fraction of sp³-hybridized carbons (Fsp3) is 0.273. The highest BCUT2D eigenvalue weighted by Gasteiger charge is 2.30. The summed E-state index contributed by atoms with van der Waals surface area (Å²) in [6.07, 6.45) is -1.04. The van der Waals surface area contributed by atoms with Gasteiger partial charge in [-0.2, -0.15) is 13.2 Å². The monoisotopic (exact) mass is 244 g/mol. The molecule has 0 amide bonds. The molecule has 0 N–H and O–H groups in total. The van der Waals surface area contributed by atoms with Crippen LogP contribution in [0.3, 0.4) is 0 Å². The van der Waals surface area contributed by atoms with E-state index in [2.05, 4.69) is 4.98 Å². The van der Waals surface area contributed by atoms with E-state index >= 15 is 0 Å². The standard InChI is InChI=1S/C11H11F3N2O/c1-16(2)6-5-10(17)9-4-3-8(7-15-9)11(12,13)14/h3-7H,1-2H3. The summed E-state index contributed by atoms with van der Waals surface area (Å²) in [5.41, 5.74) is -0.887. The van der Waals surface area contributed by atoms with E-state index in [1.54, 1.807) is 19.0 Å². The molecule has 0 aromatic carbocycles. The van der Waals surface area contributed by atoms with Crippen molar-refractivity contribution in [1.82, 2.24) is 9.88 Å². The summed E-state index contributed by atoms with van der Waals surface area (Å²) in [5, 5.41) is 0. The minimum Gasteiger partial charge on any atom is -0.383 e. The Balaban J connectivity index is 2.85. The highest BCUT2D eigenvalue weighted by atomic mass is 19.4. The van der Waals surface area contributed by atoms with Crippen LogP contribution in [-0.4, -0.2) is 29.8 Å². The highest BCUT2D eigenvalue weighted by Crippen LogP contribution is 2.28. The van der Waals surface area contributed by atoms with E-state index in [0.29, 0.717) is 6.20 Å². The Kier molecular flexibility index (Phi) is 3.88. The first kappa shape index (κ1) is 13.2. The second kappa shape index (κ2) is 4.99. The van der Waals surface area contributed by atoms with E-state index in [4.69, 9.17) is 0 Å². The van der Waals surface area contributed by atoms with E-state index in [1.807, 2.05) is 0 Å². The van der Waals surface area contributed by atoms with Gasteiger partial charge in [0.1, 0.15) is 5.69 Å². The predicted octanol–water partition coefficient (Wildman–Crippen LogP) is 2.36. The lowest BCUT2D eigenvalue weighted by Gasteiger charge is -2.06. The van der Waals surface area contributed by atoms with Crippen molar-refractivity contribution in [1.29, 1.82) is 0 Å². The zero-order chi connectivity index (χ0) is 13.1. The minimum absolute atomic E-state index is 0.0175. The molecule has 0 saturated heterocycles. The van der Waals surface area contributed by atoms with Gasteiger partial charge >= 0.3 is 6.18 Å². The Morgan fingerprint density at radius 2 is 2.00 bits per heavy atom. The molecule has 0 aliphatic rings. The van der Waals surface area contributed by atoms with Crippen LogP contribution in [0.1, 0.15) is 16.1 Å². The highest BCUT2D eigenvalue weighted by molar-refractivity contribution is 6.02. The fourth-order valence-electron chi connectivity index (χ4n) is 1.01. The van der Waals surface area contributed by atoms with Gasteiger partial charge in [-0.3, -0.25) is 9.78 Å². The normalized spacial score (nSPS) is 11.8. The molecule has 0 aliphatic carbocycles. The maximum Gasteiger partial charge on any atom is 0.417 e. The van der Waals surface area contributed by atoms with Gasteiger partial charge in [0.05, 0.1) is 5.56 Å². The molecule has 0 unspecified atom stereocenters. The number of ketones is 1. The van der Waals surface area contributed by atoms with Crippen molar-refractivity contribution < 1.29 is 18.0 Å². The third-order valence-electron chi connectivity index (χ3n) is 1.87. The number of halogens is 3. The lowest BCUT2D eigenvalue weighted by molar-refractivity contribution is -0.137. The number of carbonyl (C=O) groups is 1. The molecule has 1 aromatic heterocycles. The molecule has 92 valence electrons. The largest absolute Gasteiger partial charge is 0.417 e. The Hall–Kier alpha value is -1.85. The maximum atomic E-state index is 12.2. The number of aromatic nitrogens is 1. The summed E-state index contributed by atoms with van der Waals surface area (Å²) < 4.78 is 36.7. The van der Waals surface area contributed by atoms with E-state index in [9.17, 15) is 18.0 Å². The number of hydrogen-bond donors (Lipinski definition) is 0. The molecule has 0 radical (unpaired) electrons. The van der Waals surface area contributed by atoms with Gasteiger partial charge in [-0.1, -0.05) is 0 Å². The lowest BCUT2D eigenvalue weighted by atomic mass is 10.2. The Labute approximate surface area is 96.6 Å². The molecule has 0 aliphatic heterocycles. The molecule has 1 aromatic rings. The smallest absolute Gasteiger partial charge is 0.383 e. The van der Waals surface area contributed by atoms with Crippen LogP contribution in [0, 0.1) is 0 Å². The van der Waals surface area contributed by atoms with Gasteiger partial charge in [0.25, 0.3) is 0 Å². The molecule has 0 spiro atoms. The number of allylic oxidation sites excluding steroid dienone is 1. The molecular weight excluding hydrogens is 233 g/mol. The third kappa shape index (κ3) is 3.90. The first-order chi connectivity index (χ1) is 7.80. The van der Waals surface area contributed by atoms with Crippen LogP contribution in [0.4, 0.5) is 13.2 Å². The Bertz CT molecular complexity index is 421. The molecule has 0 saturated carbocycles. The van der Waals surface area contributed by atoms with Gasteiger partial charge in [0.15, 0.2) is 0 Å². The zero-order valence-corrected chi connectivity index (χ0v) is 9.32. The second-order valence-corrected chi connectivity index (χ2v) is 3.57. The molecule has 0 atom stereocenters. The number of hydrogen-bond acceptors (Lipinski definition) is 3. The van der Waals surface area contributed by atoms with Crippen LogP contribution >= 0.6 is 0 Å². The summed E-state index contributed by atoms with van der Waals surface area (Å²) in [7, 11) is 3.45. The average molecular weight is 244 g/mol. The molecule has 0 fully saturated rings. The SMILES string of the molecule is CN(C)C=CC(=O)c1ccc(C(F)(F)F)cn1. The van der Waals surface area contributed by atoms with Crippen molar-refractivity contribution in [2.45, 2.75) is 6.18 Å². The van der Waals surface area contributed by atoms with Crippen molar-refractivity contribution in [3.05, 3.63) is 41.9 Å². The van der Waals surface area contributed by atoms with E-state index in [1.165, 1.54) is 12.3 Å². The maximum absolute atomic E-state index is 12.2. The Morgan fingerprint density at radius 3 is 2.41 bits per heavy atom. The lowest BCUT2D eigenvalue weighted by Crippen LogP contribution is -2.08. The Morgan fingerprint density at radius 1 is 1.35 bits per heavy atom. The molecule has 1 heterocycles. The summed E-state index contributed by atoms with van der Waals surface area (Å²) in [6, 6.07) is 1.90. The van der Waals surface area contributed by atoms with E-state index in [0.717, 1.165) is 12.1 Å². The topological polar surface area (TPSA) is 33.2 Å². The van der Waals surface area contributed by atoms with Crippen molar-refractivity contribution in [2.24, 2.45) is 0 Å². The summed E-state index contributed by atoms with van der Waals surface area (Å²) in [6.45, 7) is 0. The van der Waals surface area contributed by atoms with Gasteiger partial charge in [-0.25, -0.2) is 0 Å². The van der Waals surface area contributed by atoms with Gasteiger partial charge in [-0.15, -0.1) is 0 Å². The van der Waals surface area contributed by atoms with E-state index < -0.39 is 17.5 Å². The second-order valence-electron chi connectivity index (χ2n) is 3.57. The zero-order valence-electron chi connectivity index (χ0n) is 9.32. The van der Waals surface area contributed by atoms with Crippen molar-refractivity contribution in [2.75, 3.05) is 14.1 Å². The summed E-state index contributed by atoms with van der Waals surface area (Å²) in [5.74, 6) is -0.438. The van der Waals surface area contributed by atoms with Crippen LogP contribution in [0.5, 0.6) is 0 Å². The molecule has 6 heteroatoms. The number of pyridine rings is 1. The van der Waals surface area contributed by atoms with Gasteiger partial charge in [0, 0.05) is 32.6 Å². The first-order valence-electron chi connectivity index (χ1n) is 4.73. The molecule has 17 heavy (non-hydrogen) atoms. The molecule has 3 nitrogen and oxygen atoms in total. The summed E-state index contributed by atoms with van der Waals surface area (Å²) in [4.78, 5) is 16.6. The molecule has 0 bridgehead atoms. The van der Waals surface area contributed by atoms with Gasteiger partial charge in [-0.05, 0) is 12.1 Å².